The summed E-state index contributed by atoms with van der Waals surface area (Å²) >= 11 is 0. The summed E-state index contributed by atoms with van der Waals surface area (Å²) in [6.07, 6.45) is 1.25. The lowest BCUT2D eigenvalue weighted by atomic mass is 10.1. The first-order chi connectivity index (χ1) is 11.0. The summed E-state index contributed by atoms with van der Waals surface area (Å²) in [7, 11) is 0. The van der Waals surface area contributed by atoms with E-state index in [1.807, 2.05) is 0 Å². The normalized spacial score (nSPS) is 10.7. The number of rotatable bonds is 5. The molecular formula is C16H14N4O3. The number of nitriles is 1. The molecule has 0 unspecified atom stereocenters. The Labute approximate surface area is 132 Å². The fourth-order valence-corrected chi connectivity index (χ4v) is 1.72. The topological polar surface area (TPSA) is 108 Å². The van der Waals surface area contributed by atoms with Gasteiger partial charge >= 0.3 is 0 Å². The van der Waals surface area contributed by atoms with Crippen LogP contribution in [-0.2, 0) is 4.79 Å². The number of carbonyl (C=O) groups is 2. The minimum atomic E-state index is -0.573. The zero-order chi connectivity index (χ0) is 16.8. The molecule has 0 radical (unpaired) electrons. The van der Waals surface area contributed by atoms with E-state index in [2.05, 4.69) is 15.8 Å². The van der Waals surface area contributed by atoms with Crippen LogP contribution < -0.4 is 10.6 Å². The Kier molecular flexibility index (Phi) is 4.89. The highest BCUT2D eigenvalue weighted by atomic mass is 16.5. The number of benzene rings is 1. The fourth-order valence-electron chi connectivity index (χ4n) is 1.72. The van der Waals surface area contributed by atoms with Crippen molar-refractivity contribution in [3.8, 4) is 6.07 Å². The first-order valence-corrected chi connectivity index (χ1v) is 6.72. The lowest BCUT2D eigenvalue weighted by Crippen LogP contribution is -2.14. The number of nitrogens with one attached hydrogen (secondary N) is 2. The summed E-state index contributed by atoms with van der Waals surface area (Å²) in [6.45, 7) is 3.19. The summed E-state index contributed by atoms with van der Waals surface area (Å²) in [5.74, 6) is 0.367. The highest BCUT2D eigenvalue weighted by Gasteiger charge is 2.10. The monoisotopic (exact) mass is 310 g/mol. The second kappa shape index (κ2) is 7.04. The van der Waals surface area contributed by atoms with Crippen LogP contribution in [0.2, 0.25) is 0 Å². The van der Waals surface area contributed by atoms with Crippen molar-refractivity contribution in [3.63, 3.8) is 0 Å². The van der Waals surface area contributed by atoms with E-state index in [9.17, 15) is 9.59 Å². The summed E-state index contributed by atoms with van der Waals surface area (Å²) in [5.41, 5.74) is 0.904. The fraction of sp³-hybridized carbons (Fsp3) is 0.125. The van der Waals surface area contributed by atoms with Crippen LogP contribution in [0, 0.1) is 18.3 Å². The molecule has 0 saturated carbocycles. The average molecular weight is 310 g/mol. The van der Waals surface area contributed by atoms with E-state index in [0.717, 1.165) is 0 Å². The Morgan fingerprint density at radius 3 is 2.52 bits per heavy atom. The van der Waals surface area contributed by atoms with Crippen LogP contribution in [0.3, 0.4) is 0 Å². The van der Waals surface area contributed by atoms with Crippen LogP contribution in [0.5, 0.6) is 0 Å². The van der Waals surface area contributed by atoms with Gasteiger partial charge in [0.1, 0.15) is 17.4 Å². The van der Waals surface area contributed by atoms with Crippen molar-refractivity contribution in [1.82, 2.24) is 5.16 Å². The van der Waals surface area contributed by atoms with Gasteiger partial charge < -0.3 is 15.2 Å². The molecule has 0 aliphatic heterocycles. The summed E-state index contributed by atoms with van der Waals surface area (Å²) in [6, 6.07) is 9.82. The van der Waals surface area contributed by atoms with Crippen molar-refractivity contribution in [2.45, 2.75) is 13.8 Å². The third-order valence-corrected chi connectivity index (χ3v) is 2.91. The predicted molar refractivity (Wildman–Crippen MR) is 83.6 cm³/mol. The van der Waals surface area contributed by atoms with Crippen molar-refractivity contribution in [3.05, 3.63) is 53.4 Å². The van der Waals surface area contributed by atoms with E-state index in [1.54, 1.807) is 43.3 Å². The van der Waals surface area contributed by atoms with Crippen LogP contribution >= 0.6 is 0 Å². The van der Waals surface area contributed by atoms with E-state index in [0.29, 0.717) is 22.8 Å². The van der Waals surface area contributed by atoms with Gasteiger partial charge in [0.15, 0.2) is 11.6 Å². The molecule has 116 valence electrons. The Morgan fingerprint density at radius 1 is 1.30 bits per heavy atom. The maximum atomic E-state index is 12.0. The Morgan fingerprint density at radius 2 is 2.00 bits per heavy atom. The van der Waals surface area contributed by atoms with Gasteiger partial charge in [-0.25, -0.2) is 0 Å². The number of ketones is 1. The highest BCUT2D eigenvalue weighted by molar-refractivity contribution is 6.07. The zero-order valence-electron chi connectivity index (χ0n) is 12.6. The van der Waals surface area contributed by atoms with Crippen LogP contribution in [0.4, 0.5) is 11.5 Å². The van der Waals surface area contributed by atoms with Crippen molar-refractivity contribution >= 4 is 23.2 Å². The Bertz CT molecular complexity index is 797. The van der Waals surface area contributed by atoms with E-state index in [-0.39, 0.29) is 11.4 Å². The lowest BCUT2D eigenvalue weighted by molar-refractivity contribution is -0.112. The predicted octanol–water partition coefficient (Wildman–Crippen LogP) is 2.64. The Balaban J connectivity index is 2.05. The van der Waals surface area contributed by atoms with E-state index in [1.165, 1.54) is 13.1 Å². The van der Waals surface area contributed by atoms with Gasteiger partial charge in [-0.3, -0.25) is 9.59 Å². The molecule has 2 aromatic rings. The van der Waals surface area contributed by atoms with Gasteiger partial charge in [0, 0.05) is 23.5 Å². The molecule has 0 bridgehead atoms. The van der Waals surface area contributed by atoms with Crippen LogP contribution in [0.25, 0.3) is 0 Å². The number of hydrogen-bond donors (Lipinski definition) is 2. The highest BCUT2D eigenvalue weighted by Crippen LogP contribution is 2.12. The molecule has 2 N–H and O–H groups in total. The molecule has 1 amide bonds. The molecule has 2 rings (SSSR count). The number of aryl methyl sites for hydroxylation is 1. The number of anilines is 2. The molecule has 7 heteroatoms. The maximum absolute atomic E-state index is 12.0. The zero-order valence-corrected chi connectivity index (χ0v) is 12.6. The number of amides is 1. The van der Waals surface area contributed by atoms with Gasteiger partial charge in [-0.15, -0.1) is 0 Å². The number of Topliss-reactive ketones (excluding diaryl/α,β-unsaturated/α-hetero) is 1. The minimum absolute atomic E-state index is 0.0624. The standard InChI is InChI=1S/C16H14N4O3/c1-10-7-15(20-23-10)18-9-13(8-17)16(22)19-14-5-3-12(4-6-14)11(2)21/h3-7,9H,1-2H3,(H,18,20)(H,19,22)/b13-9-. The van der Waals surface area contributed by atoms with Crippen molar-refractivity contribution < 1.29 is 14.1 Å². The molecule has 0 spiro atoms. The minimum Gasteiger partial charge on any atom is -0.360 e. The number of carbonyl (C=O) groups excluding carboxylic acids is 2. The van der Waals surface area contributed by atoms with Gasteiger partial charge in [0.05, 0.1) is 0 Å². The van der Waals surface area contributed by atoms with E-state index >= 15 is 0 Å². The van der Waals surface area contributed by atoms with Gasteiger partial charge in [-0.1, -0.05) is 5.16 Å². The van der Waals surface area contributed by atoms with E-state index in [4.69, 9.17) is 9.78 Å². The number of aromatic nitrogens is 1. The molecule has 0 atom stereocenters. The second-order valence-corrected chi connectivity index (χ2v) is 4.72. The molecule has 0 fully saturated rings. The molecular weight excluding hydrogens is 296 g/mol. The van der Waals surface area contributed by atoms with Crippen molar-refractivity contribution in [1.29, 1.82) is 5.26 Å². The first kappa shape index (κ1) is 16.0. The smallest absolute Gasteiger partial charge is 0.267 e. The SMILES string of the molecule is CC(=O)c1ccc(NC(=O)/C(C#N)=C\Nc2cc(C)on2)cc1. The van der Waals surface area contributed by atoms with E-state index < -0.39 is 5.91 Å². The molecule has 0 aliphatic rings. The van der Waals surface area contributed by atoms with Crippen molar-refractivity contribution in [2.24, 2.45) is 0 Å². The van der Waals surface area contributed by atoms with Crippen LogP contribution in [-0.4, -0.2) is 16.8 Å². The molecule has 1 aromatic carbocycles. The first-order valence-electron chi connectivity index (χ1n) is 6.72. The molecule has 1 heterocycles. The largest absolute Gasteiger partial charge is 0.360 e. The second-order valence-electron chi connectivity index (χ2n) is 4.72. The summed E-state index contributed by atoms with van der Waals surface area (Å²) < 4.78 is 4.86. The average Bonchev–Trinajstić information content (AvgIpc) is 2.94. The quantitative estimate of drug-likeness (QED) is 0.499. The molecule has 7 nitrogen and oxygen atoms in total. The number of nitrogens with zero attached hydrogens (tertiary/aromatic N) is 2. The van der Waals surface area contributed by atoms with Gasteiger partial charge in [-0.05, 0) is 38.1 Å². The molecule has 23 heavy (non-hydrogen) atoms. The van der Waals surface area contributed by atoms with Gasteiger partial charge in [0.2, 0.25) is 0 Å². The van der Waals surface area contributed by atoms with Crippen LogP contribution in [0.15, 0.2) is 46.6 Å². The Hall–Kier alpha value is -3.40. The number of hydrogen-bond acceptors (Lipinski definition) is 6. The van der Waals surface area contributed by atoms with Crippen molar-refractivity contribution in [2.75, 3.05) is 10.6 Å². The summed E-state index contributed by atoms with van der Waals surface area (Å²) in [4.78, 5) is 23.2. The third-order valence-electron chi connectivity index (χ3n) is 2.91. The maximum Gasteiger partial charge on any atom is 0.267 e. The molecule has 0 saturated heterocycles. The molecule has 1 aromatic heterocycles. The lowest BCUT2D eigenvalue weighted by Gasteiger charge is -2.05. The summed E-state index contributed by atoms with van der Waals surface area (Å²) in [5, 5.41) is 18.0. The van der Waals surface area contributed by atoms with Gasteiger partial charge in [0.25, 0.3) is 5.91 Å². The van der Waals surface area contributed by atoms with Crippen LogP contribution in [0.1, 0.15) is 23.0 Å². The van der Waals surface area contributed by atoms with Gasteiger partial charge in [-0.2, -0.15) is 5.26 Å². The third kappa shape index (κ3) is 4.28. The molecule has 0 aliphatic carbocycles.